The van der Waals surface area contributed by atoms with Crippen LogP contribution in [0.3, 0.4) is 0 Å². The minimum absolute atomic E-state index is 0.174. The molecule has 0 aliphatic carbocycles. The van der Waals surface area contributed by atoms with Gasteiger partial charge in [0.15, 0.2) is 0 Å². The molecular formula is C11H4Cl2F3N3O3. The highest BCUT2D eigenvalue weighted by molar-refractivity contribution is 6.33. The summed E-state index contributed by atoms with van der Waals surface area (Å²) in [4.78, 5) is 25.3. The van der Waals surface area contributed by atoms with Crippen molar-refractivity contribution in [3.63, 3.8) is 0 Å². The first kappa shape index (κ1) is 16.2. The molecule has 1 aromatic heterocycles. The lowest BCUT2D eigenvalue weighted by atomic mass is 10.1. The smallest absolute Gasteiger partial charge is 0.269 e. The molecular weight excluding hydrogens is 350 g/mol. The van der Waals surface area contributed by atoms with E-state index in [9.17, 15) is 28.1 Å². The molecule has 0 aliphatic heterocycles. The van der Waals surface area contributed by atoms with Gasteiger partial charge in [0.1, 0.15) is 17.2 Å². The predicted molar refractivity (Wildman–Crippen MR) is 71.5 cm³/mol. The van der Waals surface area contributed by atoms with E-state index in [0.717, 1.165) is 12.4 Å². The van der Waals surface area contributed by atoms with Crippen LogP contribution in [0.15, 0.2) is 29.3 Å². The molecule has 116 valence electrons. The van der Waals surface area contributed by atoms with Crippen molar-refractivity contribution >= 4 is 28.9 Å². The zero-order valence-corrected chi connectivity index (χ0v) is 11.8. The van der Waals surface area contributed by atoms with Crippen molar-refractivity contribution in [2.24, 2.45) is 0 Å². The summed E-state index contributed by atoms with van der Waals surface area (Å²) in [7, 11) is 0. The van der Waals surface area contributed by atoms with Gasteiger partial charge in [-0.25, -0.2) is 4.98 Å². The molecule has 0 spiro atoms. The van der Waals surface area contributed by atoms with E-state index in [0.29, 0.717) is 16.7 Å². The van der Waals surface area contributed by atoms with E-state index in [1.807, 2.05) is 0 Å². The molecule has 2 rings (SSSR count). The first-order chi connectivity index (χ1) is 10.1. The summed E-state index contributed by atoms with van der Waals surface area (Å²) in [6.07, 6.45) is -3.98. The van der Waals surface area contributed by atoms with Crippen LogP contribution in [-0.2, 0) is 6.18 Å². The second-order valence-electron chi connectivity index (χ2n) is 4.00. The maximum atomic E-state index is 12.7. The highest BCUT2D eigenvalue weighted by Gasteiger charge is 2.35. The van der Waals surface area contributed by atoms with Gasteiger partial charge in [0.05, 0.1) is 15.5 Å². The molecule has 0 aliphatic rings. The lowest BCUT2D eigenvalue weighted by molar-refractivity contribution is -0.384. The third kappa shape index (κ3) is 3.04. The van der Waals surface area contributed by atoms with Crippen LogP contribution in [0.25, 0.3) is 5.69 Å². The van der Waals surface area contributed by atoms with Crippen LogP contribution >= 0.6 is 23.2 Å². The monoisotopic (exact) mass is 353 g/mol. The fourth-order valence-electron chi connectivity index (χ4n) is 1.67. The first-order valence-electron chi connectivity index (χ1n) is 5.41. The lowest BCUT2D eigenvalue weighted by Crippen LogP contribution is -2.19. The number of nitrogens with zero attached hydrogens (tertiary/aromatic N) is 3. The number of benzene rings is 1. The van der Waals surface area contributed by atoms with Crippen LogP contribution in [-0.4, -0.2) is 14.5 Å². The molecule has 0 saturated carbocycles. The molecule has 0 N–H and O–H groups in total. The molecule has 0 fully saturated rings. The molecule has 0 unspecified atom stereocenters. The Morgan fingerprint density at radius 2 is 1.86 bits per heavy atom. The maximum Gasteiger partial charge on any atom is 0.416 e. The summed E-state index contributed by atoms with van der Waals surface area (Å²) >= 11 is 11.2. The van der Waals surface area contributed by atoms with Gasteiger partial charge in [0.2, 0.25) is 0 Å². The fourth-order valence-corrected chi connectivity index (χ4v) is 2.11. The van der Waals surface area contributed by atoms with Crippen LogP contribution in [0, 0.1) is 10.1 Å². The van der Waals surface area contributed by atoms with Crippen molar-refractivity contribution in [3.8, 4) is 5.69 Å². The molecule has 0 bridgehead atoms. The van der Waals surface area contributed by atoms with E-state index in [1.54, 1.807) is 0 Å². The highest BCUT2D eigenvalue weighted by atomic mass is 35.5. The fraction of sp³-hybridized carbons (Fsp3) is 0.0909. The molecule has 0 radical (unpaired) electrons. The first-order valence-corrected chi connectivity index (χ1v) is 6.16. The van der Waals surface area contributed by atoms with Gasteiger partial charge in [-0.15, -0.1) is 0 Å². The Morgan fingerprint density at radius 3 is 2.36 bits per heavy atom. The van der Waals surface area contributed by atoms with Crippen LogP contribution in [0.2, 0.25) is 10.2 Å². The third-order valence-corrected chi connectivity index (χ3v) is 3.08. The molecule has 2 aromatic rings. The quantitative estimate of drug-likeness (QED) is 0.470. The number of rotatable bonds is 2. The predicted octanol–water partition coefficient (Wildman–Crippen LogP) is 3.47. The molecule has 0 atom stereocenters. The van der Waals surface area contributed by atoms with Gasteiger partial charge in [-0.1, -0.05) is 23.2 Å². The van der Waals surface area contributed by atoms with Gasteiger partial charge in [-0.05, 0) is 6.07 Å². The zero-order valence-electron chi connectivity index (χ0n) is 10.3. The van der Waals surface area contributed by atoms with Crippen molar-refractivity contribution in [2.75, 3.05) is 0 Å². The Hall–Kier alpha value is -2.13. The van der Waals surface area contributed by atoms with Crippen LogP contribution in [0.4, 0.5) is 18.9 Å². The van der Waals surface area contributed by atoms with E-state index >= 15 is 0 Å². The van der Waals surface area contributed by atoms with Gasteiger partial charge < -0.3 is 0 Å². The molecule has 0 amide bonds. The maximum absolute atomic E-state index is 12.7. The zero-order chi connectivity index (χ0) is 16.7. The number of alkyl halides is 3. The summed E-state index contributed by atoms with van der Waals surface area (Å²) in [6.45, 7) is 0. The summed E-state index contributed by atoms with van der Waals surface area (Å²) in [5.41, 5.74) is -3.63. The van der Waals surface area contributed by atoms with Crippen molar-refractivity contribution in [1.82, 2.24) is 9.55 Å². The van der Waals surface area contributed by atoms with Crippen molar-refractivity contribution in [2.45, 2.75) is 6.18 Å². The average Bonchev–Trinajstić information content (AvgIpc) is 2.37. The van der Waals surface area contributed by atoms with Gasteiger partial charge in [-0.3, -0.25) is 19.5 Å². The number of aromatic nitrogens is 2. The van der Waals surface area contributed by atoms with E-state index in [4.69, 9.17) is 23.2 Å². The minimum Gasteiger partial charge on any atom is -0.269 e. The van der Waals surface area contributed by atoms with Gasteiger partial charge in [-0.2, -0.15) is 13.2 Å². The molecule has 1 heterocycles. The Bertz CT molecular complexity index is 820. The normalized spacial score (nSPS) is 11.5. The summed E-state index contributed by atoms with van der Waals surface area (Å²) in [5, 5.41) is 10.2. The highest BCUT2D eigenvalue weighted by Crippen LogP contribution is 2.38. The molecule has 0 saturated heterocycles. The number of hydrogen-bond donors (Lipinski definition) is 0. The molecule has 1 aromatic carbocycles. The van der Waals surface area contributed by atoms with Crippen molar-refractivity contribution < 1.29 is 18.1 Å². The molecule has 6 nitrogen and oxygen atoms in total. The Kier molecular flexibility index (Phi) is 4.12. The van der Waals surface area contributed by atoms with Gasteiger partial charge in [0, 0.05) is 12.1 Å². The second-order valence-corrected chi connectivity index (χ2v) is 4.79. The molecule has 11 heteroatoms. The van der Waals surface area contributed by atoms with E-state index in [-0.39, 0.29) is 5.15 Å². The second kappa shape index (κ2) is 5.58. The van der Waals surface area contributed by atoms with E-state index < -0.39 is 38.6 Å². The van der Waals surface area contributed by atoms with Gasteiger partial charge in [0.25, 0.3) is 11.2 Å². The van der Waals surface area contributed by atoms with Crippen LogP contribution in [0.1, 0.15) is 5.56 Å². The topological polar surface area (TPSA) is 78.0 Å². The van der Waals surface area contributed by atoms with Crippen molar-refractivity contribution in [1.29, 1.82) is 0 Å². The number of halogens is 5. The summed E-state index contributed by atoms with van der Waals surface area (Å²) in [5.74, 6) is 0. The van der Waals surface area contributed by atoms with Crippen LogP contribution in [0.5, 0.6) is 0 Å². The Balaban J connectivity index is 2.81. The van der Waals surface area contributed by atoms with Crippen molar-refractivity contribution in [3.05, 3.63) is 60.7 Å². The van der Waals surface area contributed by atoms with Crippen LogP contribution < -0.4 is 5.56 Å². The van der Waals surface area contributed by atoms with Gasteiger partial charge >= 0.3 is 6.18 Å². The third-order valence-electron chi connectivity index (χ3n) is 2.58. The minimum atomic E-state index is -4.82. The standard InChI is InChI=1S/C11H4Cl2F3N3O3/c12-6-1-5(11(14,15)16)2-7(19(21)22)10(6)18-4-17-8(13)3-9(18)20/h1-4H. The SMILES string of the molecule is O=c1cc(Cl)ncn1-c1c(Cl)cc(C(F)(F)F)cc1[N+](=O)[O-]. The summed E-state index contributed by atoms with van der Waals surface area (Å²) in [6, 6.07) is 1.63. The Labute approximate surface area is 129 Å². The van der Waals surface area contributed by atoms with E-state index in [1.165, 1.54) is 0 Å². The lowest BCUT2D eigenvalue weighted by Gasteiger charge is -2.12. The number of hydrogen-bond acceptors (Lipinski definition) is 4. The van der Waals surface area contributed by atoms with E-state index in [2.05, 4.69) is 4.98 Å². The Morgan fingerprint density at radius 1 is 1.23 bits per heavy atom. The summed E-state index contributed by atoms with van der Waals surface area (Å²) < 4.78 is 38.7. The molecule has 22 heavy (non-hydrogen) atoms. The average molecular weight is 354 g/mol. The largest absolute Gasteiger partial charge is 0.416 e. The number of nitro groups is 1. The number of nitro benzene ring substituents is 1.